The van der Waals surface area contributed by atoms with Gasteiger partial charge in [0.2, 0.25) is 0 Å². The molecule has 2 nitrogen and oxygen atoms in total. The van der Waals surface area contributed by atoms with Crippen LogP contribution in [0.3, 0.4) is 0 Å². The maximum atomic E-state index is 6.10. The first-order chi connectivity index (χ1) is 7.92. The van der Waals surface area contributed by atoms with Crippen LogP contribution in [0, 0.1) is 0 Å². The Balaban J connectivity index is 2.46. The number of nitrogens with zero attached hydrogens (tertiary/aromatic N) is 1. The highest BCUT2D eigenvalue weighted by molar-refractivity contribution is 5.37. The molecule has 0 spiro atoms. The van der Waals surface area contributed by atoms with Crippen molar-refractivity contribution in [3.63, 3.8) is 0 Å². The highest BCUT2D eigenvalue weighted by Gasteiger charge is 2.33. The summed E-state index contributed by atoms with van der Waals surface area (Å²) in [6, 6.07) is 8.66. The summed E-state index contributed by atoms with van der Waals surface area (Å²) in [5, 5.41) is 0. The van der Waals surface area contributed by atoms with Gasteiger partial charge in [0, 0.05) is 18.2 Å². The van der Waals surface area contributed by atoms with E-state index in [9.17, 15) is 0 Å². The molecule has 0 aromatic heterocycles. The van der Waals surface area contributed by atoms with Crippen molar-refractivity contribution in [1.82, 2.24) is 4.90 Å². The van der Waals surface area contributed by atoms with Crippen molar-refractivity contribution in [3.8, 4) is 5.75 Å². The number of fused-ring (bicyclic) bond motifs is 1. The smallest absolute Gasteiger partial charge is 0.142 e. The summed E-state index contributed by atoms with van der Waals surface area (Å²) in [7, 11) is 0. The SMILES string of the molecule is C=C1N(C(C)C)Cc2ccccc2OC1(C)C. The predicted octanol–water partition coefficient (Wildman–Crippen LogP) is 3.58. The van der Waals surface area contributed by atoms with Gasteiger partial charge in [0.15, 0.2) is 0 Å². The largest absolute Gasteiger partial charge is 0.481 e. The van der Waals surface area contributed by atoms with Crippen LogP contribution in [0.1, 0.15) is 33.3 Å². The lowest BCUT2D eigenvalue weighted by molar-refractivity contribution is 0.110. The summed E-state index contributed by atoms with van der Waals surface area (Å²) in [5.41, 5.74) is 1.92. The van der Waals surface area contributed by atoms with Gasteiger partial charge < -0.3 is 9.64 Å². The van der Waals surface area contributed by atoms with Gasteiger partial charge in [-0.15, -0.1) is 0 Å². The lowest BCUT2D eigenvalue weighted by Gasteiger charge is -2.36. The number of hydrogen-bond donors (Lipinski definition) is 0. The molecule has 0 radical (unpaired) electrons. The molecule has 0 atom stereocenters. The summed E-state index contributed by atoms with van der Waals surface area (Å²) in [6.07, 6.45) is 0. The Kier molecular flexibility index (Phi) is 2.90. The van der Waals surface area contributed by atoms with Gasteiger partial charge in [0.05, 0.1) is 5.70 Å². The van der Waals surface area contributed by atoms with Crippen LogP contribution in [0.25, 0.3) is 0 Å². The van der Waals surface area contributed by atoms with Crippen molar-refractivity contribution in [2.75, 3.05) is 0 Å². The zero-order valence-corrected chi connectivity index (χ0v) is 11.2. The highest BCUT2D eigenvalue weighted by atomic mass is 16.5. The van der Waals surface area contributed by atoms with Crippen molar-refractivity contribution >= 4 is 0 Å². The number of ether oxygens (including phenoxy) is 1. The second-order valence-electron chi connectivity index (χ2n) is 5.39. The van der Waals surface area contributed by atoms with Crippen molar-refractivity contribution in [3.05, 3.63) is 42.1 Å². The van der Waals surface area contributed by atoms with E-state index in [0.717, 1.165) is 18.0 Å². The van der Waals surface area contributed by atoms with Gasteiger partial charge in [-0.3, -0.25) is 0 Å². The molecule has 17 heavy (non-hydrogen) atoms. The average molecular weight is 231 g/mol. The molecule has 0 N–H and O–H groups in total. The van der Waals surface area contributed by atoms with E-state index in [4.69, 9.17) is 4.74 Å². The summed E-state index contributed by atoms with van der Waals surface area (Å²) in [4.78, 5) is 2.31. The molecule has 1 heterocycles. The highest BCUT2D eigenvalue weighted by Crippen LogP contribution is 2.35. The van der Waals surface area contributed by atoms with E-state index in [2.05, 4.69) is 51.3 Å². The van der Waals surface area contributed by atoms with Gasteiger partial charge in [0.25, 0.3) is 0 Å². The maximum Gasteiger partial charge on any atom is 0.142 e. The quantitative estimate of drug-likeness (QED) is 0.732. The fourth-order valence-corrected chi connectivity index (χ4v) is 2.19. The Morgan fingerprint density at radius 3 is 2.59 bits per heavy atom. The second-order valence-corrected chi connectivity index (χ2v) is 5.39. The molecular weight excluding hydrogens is 210 g/mol. The monoisotopic (exact) mass is 231 g/mol. The van der Waals surface area contributed by atoms with Gasteiger partial charge in [-0.2, -0.15) is 0 Å². The summed E-state index contributed by atoms with van der Waals surface area (Å²) < 4.78 is 6.10. The minimum atomic E-state index is -0.350. The van der Waals surface area contributed by atoms with Crippen LogP contribution in [0.5, 0.6) is 5.75 Å². The van der Waals surface area contributed by atoms with Crippen LogP contribution in [0.2, 0.25) is 0 Å². The fraction of sp³-hybridized carbons (Fsp3) is 0.467. The van der Waals surface area contributed by atoms with Crippen LogP contribution in [0.15, 0.2) is 36.5 Å². The Morgan fingerprint density at radius 1 is 1.29 bits per heavy atom. The number of para-hydroxylation sites is 1. The summed E-state index contributed by atoms with van der Waals surface area (Å²) in [6.45, 7) is 13.6. The Labute approximate surface area is 104 Å². The minimum absolute atomic E-state index is 0.350. The molecule has 0 saturated carbocycles. The van der Waals surface area contributed by atoms with Crippen molar-refractivity contribution in [2.24, 2.45) is 0 Å². The zero-order valence-electron chi connectivity index (χ0n) is 11.2. The molecule has 1 aromatic carbocycles. The van der Waals surface area contributed by atoms with Crippen LogP contribution in [-0.2, 0) is 6.54 Å². The summed E-state index contributed by atoms with van der Waals surface area (Å²) >= 11 is 0. The van der Waals surface area contributed by atoms with E-state index in [-0.39, 0.29) is 5.60 Å². The van der Waals surface area contributed by atoms with E-state index in [1.54, 1.807) is 0 Å². The van der Waals surface area contributed by atoms with Crippen LogP contribution in [0.4, 0.5) is 0 Å². The predicted molar refractivity (Wildman–Crippen MR) is 71.0 cm³/mol. The minimum Gasteiger partial charge on any atom is -0.481 e. The van der Waals surface area contributed by atoms with E-state index >= 15 is 0 Å². The molecule has 1 aliphatic heterocycles. The molecule has 1 aromatic rings. The van der Waals surface area contributed by atoms with Crippen molar-refractivity contribution in [2.45, 2.75) is 45.9 Å². The Bertz CT molecular complexity index is 434. The number of hydrogen-bond acceptors (Lipinski definition) is 2. The third-order valence-corrected chi connectivity index (χ3v) is 3.34. The molecule has 92 valence electrons. The van der Waals surface area contributed by atoms with Crippen molar-refractivity contribution < 1.29 is 4.74 Å². The number of benzene rings is 1. The Hall–Kier alpha value is -1.44. The molecule has 2 heteroatoms. The first-order valence-electron chi connectivity index (χ1n) is 6.15. The first kappa shape index (κ1) is 12.0. The van der Waals surface area contributed by atoms with Gasteiger partial charge in [0.1, 0.15) is 11.4 Å². The fourth-order valence-electron chi connectivity index (χ4n) is 2.19. The lowest BCUT2D eigenvalue weighted by Crippen LogP contribution is -2.40. The third kappa shape index (κ3) is 2.17. The topological polar surface area (TPSA) is 12.5 Å². The van der Waals surface area contributed by atoms with Gasteiger partial charge in [-0.25, -0.2) is 0 Å². The van der Waals surface area contributed by atoms with Crippen molar-refractivity contribution in [1.29, 1.82) is 0 Å². The number of rotatable bonds is 1. The molecule has 1 aliphatic rings. The third-order valence-electron chi connectivity index (χ3n) is 3.34. The van der Waals surface area contributed by atoms with Crippen LogP contribution in [-0.4, -0.2) is 16.5 Å². The molecule has 0 aliphatic carbocycles. The van der Waals surface area contributed by atoms with Gasteiger partial charge in [-0.1, -0.05) is 24.8 Å². The van der Waals surface area contributed by atoms with Gasteiger partial charge >= 0.3 is 0 Å². The molecule has 0 unspecified atom stereocenters. The maximum absolute atomic E-state index is 6.10. The van der Waals surface area contributed by atoms with Crippen LogP contribution < -0.4 is 4.74 Å². The molecule has 0 saturated heterocycles. The standard InChI is InChI=1S/C15H21NO/c1-11(2)16-10-13-8-6-7-9-14(13)17-15(4,5)12(16)3/h6-9,11H,3,10H2,1-2,4-5H3. The molecule has 0 amide bonds. The molecule has 0 fully saturated rings. The first-order valence-corrected chi connectivity index (χ1v) is 6.15. The molecular formula is C15H21NO. The second kappa shape index (κ2) is 4.10. The van der Waals surface area contributed by atoms with Gasteiger partial charge in [-0.05, 0) is 33.8 Å². The van der Waals surface area contributed by atoms with E-state index in [0.29, 0.717) is 6.04 Å². The van der Waals surface area contributed by atoms with Crippen LogP contribution >= 0.6 is 0 Å². The van der Waals surface area contributed by atoms with E-state index < -0.39 is 0 Å². The van der Waals surface area contributed by atoms with E-state index in [1.165, 1.54) is 5.56 Å². The molecule has 2 rings (SSSR count). The lowest BCUT2D eigenvalue weighted by atomic mass is 10.0. The van der Waals surface area contributed by atoms with E-state index in [1.807, 2.05) is 12.1 Å². The normalized spacial score (nSPS) is 18.6. The average Bonchev–Trinajstić information content (AvgIpc) is 2.35. The zero-order chi connectivity index (χ0) is 12.6. The molecule has 0 bridgehead atoms. The summed E-state index contributed by atoms with van der Waals surface area (Å²) in [5.74, 6) is 0.974. The Morgan fingerprint density at radius 2 is 1.94 bits per heavy atom.